The van der Waals surface area contributed by atoms with Crippen LogP contribution in [-0.2, 0) is 4.79 Å². The topological polar surface area (TPSA) is 26.3 Å². The number of hydrogen-bond acceptors (Lipinski definition) is 2. The van der Waals surface area contributed by atoms with Crippen molar-refractivity contribution in [3.05, 3.63) is 94.0 Å². The Balaban J connectivity index is 1.64. The standard InChI is InChI=1S/C22H16Cl2O2/c1-15-2-6-17(7-3-15)18-8-10-19(11-9-18)26-22(25)13-5-16-4-12-20(23)21(24)14-16/h2-14H,1H3/b13-5+. The van der Waals surface area contributed by atoms with E-state index in [0.717, 1.165) is 16.7 Å². The van der Waals surface area contributed by atoms with Crippen LogP contribution in [0.2, 0.25) is 10.0 Å². The summed E-state index contributed by atoms with van der Waals surface area (Å²) in [6.07, 6.45) is 2.98. The van der Waals surface area contributed by atoms with E-state index in [0.29, 0.717) is 15.8 Å². The Morgan fingerprint density at radius 2 is 1.46 bits per heavy atom. The van der Waals surface area contributed by atoms with Gasteiger partial charge < -0.3 is 4.74 Å². The molecule has 0 unspecified atom stereocenters. The van der Waals surface area contributed by atoms with Crippen LogP contribution in [-0.4, -0.2) is 5.97 Å². The minimum absolute atomic E-state index is 0.439. The lowest BCUT2D eigenvalue weighted by molar-refractivity contribution is -0.128. The van der Waals surface area contributed by atoms with Crippen molar-refractivity contribution < 1.29 is 9.53 Å². The van der Waals surface area contributed by atoms with E-state index in [1.807, 2.05) is 12.1 Å². The van der Waals surface area contributed by atoms with E-state index in [1.54, 1.807) is 36.4 Å². The minimum atomic E-state index is -0.459. The summed E-state index contributed by atoms with van der Waals surface area (Å²) >= 11 is 11.8. The molecule has 3 aromatic carbocycles. The first kappa shape index (κ1) is 18.2. The molecule has 0 spiro atoms. The van der Waals surface area contributed by atoms with Crippen molar-refractivity contribution in [3.8, 4) is 16.9 Å². The summed E-state index contributed by atoms with van der Waals surface area (Å²) in [5, 5.41) is 0.911. The summed E-state index contributed by atoms with van der Waals surface area (Å²) < 4.78 is 5.32. The number of rotatable bonds is 4. The highest BCUT2D eigenvalue weighted by molar-refractivity contribution is 6.42. The van der Waals surface area contributed by atoms with Gasteiger partial charge in [0, 0.05) is 6.08 Å². The van der Waals surface area contributed by atoms with Crippen LogP contribution in [0, 0.1) is 6.92 Å². The molecule has 0 heterocycles. The first-order valence-electron chi connectivity index (χ1n) is 8.03. The van der Waals surface area contributed by atoms with Gasteiger partial charge in [0.05, 0.1) is 10.0 Å². The Kier molecular flexibility index (Phi) is 5.77. The summed E-state index contributed by atoms with van der Waals surface area (Å²) in [4.78, 5) is 12.0. The number of benzene rings is 3. The fourth-order valence-corrected chi connectivity index (χ4v) is 2.70. The quantitative estimate of drug-likeness (QED) is 0.289. The highest BCUT2D eigenvalue weighted by atomic mass is 35.5. The molecule has 4 heteroatoms. The molecule has 0 N–H and O–H groups in total. The molecule has 3 rings (SSSR count). The number of hydrogen-bond donors (Lipinski definition) is 0. The predicted molar refractivity (Wildman–Crippen MR) is 108 cm³/mol. The highest BCUT2D eigenvalue weighted by Gasteiger charge is 2.03. The number of carbonyl (C=O) groups is 1. The zero-order valence-corrected chi connectivity index (χ0v) is 15.6. The van der Waals surface area contributed by atoms with Gasteiger partial charge in [-0.15, -0.1) is 0 Å². The van der Waals surface area contributed by atoms with Crippen LogP contribution in [0.3, 0.4) is 0 Å². The second kappa shape index (κ2) is 8.22. The molecule has 0 fully saturated rings. The van der Waals surface area contributed by atoms with Gasteiger partial charge in [0.25, 0.3) is 0 Å². The smallest absolute Gasteiger partial charge is 0.336 e. The molecule has 26 heavy (non-hydrogen) atoms. The van der Waals surface area contributed by atoms with Gasteiger partial charge in [-0.2, -0.15) is 0 Å². The molecule has 0 aliphatic carbocycles. The average Bonchev–Trinajstić information content (AvgIpc) is 2.64. The molecule has 130 valence electrons. The fraction of sp³-hybridized carbons (Fsp3) is 0.0455. The van der Waals surface area contributed by atoms with Crippen LogP contribution >= 0.6 is 23.2 Å². The molecule has 3 aromatic rings. The van der Waals surface area contributed by atoms with Gasteiger partial charge >= 0.3 is 5.97 Å². The van der Waals surface area contributed by atoms with E-state index in [9.17, 15) is 4.79 Å². The molecule has 0 saturated carbocycles. The van der Waals surface area contributed by atoms with E-state index in [4.69, 9.17) is 27.9 Å². The van der Waals surface area contributed by atoms with Gasteiger partial charge in [0.1, 0.15) is 5.75 Å². The molecular formula is C22H16Cl2O2. The Bertz CT molecular complexity index is 943. The van der Waals surface area contributed by atoms with Crippen molar-refractivity contribution in [1.82, 2.24) is 0 Å². The summed E-state index contributed by atoms with van der Waals surface area (Å²) in [6, 6.07) is 20.8. The van der Waals surface area contributed by atoms with Crippen molar-refractivity contribution >= 4 is 35.2 Å². The maximum atomic E-state index is 12.0. The first-order valence-corrected chi connectivity index (χ1v) is 8.79. The molecule has 0 amide bonds. The van der Waals surface area contributed by atoms with Crippen molar-refractivity contribution in [3.63, 3.8) is 0 Å². The van der Waals surface area contributed by atoms with E-state index in [-0.39, 0.29) is 0 Å². The molecule has 2 nitrogen and oxygen atoms in total. The van der Waals surface area contributed by atoms with Crippen molar-refractivity contribution in [2.75, 3.05) is 0 Å². The predicted octanol–water partition coefficient (Wildman–Crippen LogP) is 6.59. The Labute approximate surface area is 162 Å². The third-order valence-corrected chi connectivity index (χ3v) is 4.55. The lowest BCUT2D eigenvalue weighted by Gasteiger charge is -2.05. The molecule has 0 atom stereocenters. The lowest BCUT2D eigenvalue weighted by atomic mass is 10.0. The number of esters is 1. The van der Waals surface area contributed by atoms with Crippen LogP contribution in [0.5, 0.6) is 5.75 Å². The Morgan fingerprint density at radius 1 is 0.846 bits per heavy atom. The number of halogens is 2. The second-order valence-corrected chi connectivity index (χ2v) is 6.63. The van der Waals surface area contributed by atoms with Gasteiger partial charge in [-0.25, -0.2) is 4.79 Å². The van der Waals surface area contributed by atoms with E-state index in [1.165, 1.54) is 11.6 Å². The van der Waals surface area contributed by atoms with E-state index < -0.39 is 5.97 Å². The average molecular weight is 383 g/mol. The van der Waals surface area contributed by atoms with Gasteiger partial charge in [-0.3, -0.25) is 0 Å². The largest absolute Gasteiger partial charge is 0.423 e. The van der Waals surface area contributed by atoms with Gasteiger partial charge in [-0.05, 0) is 54.0 Å². The maximum absolute atomic E-state index is 12.0. The summed E-state index contributed by atoms with van der Waals surface area (Å²) in [6.45, 7) is 2.05. The highest BCUT2D eigenvalue weighted by Crippen LogP contribution is 2.24. The minimum Gasteiger partial charge on any atom is -0.423 e. The third-order valence-electron chi connectivity index (χ3n) is 3.81. The number of carbonyl (C=O) groups excluding carboxylic acids is 1. The fourth-order valence-electron chi connectivity index (χ4n) is 2.39. The molecule has 0 bridgehead atoms. The lowest BCUT2D eigenvalue weighted by Crippen LogP contribution is -2.03. The summed E-state index contributed by atoms with van der Waals surface area (Å²) in [7, 11) is 0. The normalized spacial score (nSPS) is 10.9. The monoisotopic (exact) mass is 382 g/mol. The van der Waals surface area contributed by atoms with Crippen LogP contribution in [0.1, 0.15) is 11.1 Å². The molecule has 0 aliphatic rings. The summed E-state index contributed by atoms with van der Waals surface area (Å²) in [5.74, 6) is 0.0313. The Hall–Kier alpha value is -2.55. The first-order chi connectivity index (χ1) is 12.5. The third kappa shape index (κ3) is 4.75. The van der Waals surface area contributed by atoms with Crippen molar-refractivity contribution in [2.24, 2.45) is 0 Å². The van der Waals surface area contributed by atoms with E-state index in [2.05, 4.69) is 31.2 Å². The zero-order chi connectivity index (χ0) is 18.5. The van der Waals surface area contributed by atoms with Gasteiger partial charge in [-0.1, -0.05) is 71.2 Å². The molecule has 0 saturated heterocycles. The maximum Gasteiger partial charge on any atom is 0.336 e. The molecule has 0 radical (unpaired) electrons. The van der Waals surface area contributed by atoms with Gasteiger partial charge in [0.15, 0.2) is 0 Å². The zero-order valence-electron chi connectivity index (χ0n) is 14.1. The second-order valence-electron chi connectivity index (χ2n) is 5.82. The number of aryl methyl sites for hydroxylation is 1. The molecule has 0 aromatic heterocycles. The van der Waals surface area contributed by atoms with Crippen LogP contribution < -0.4 is 4.74 Å². The van der Waals surface area contributed by atoms with Gasteiger partial charge in [0.2, 0.25) is 0 Å². The van der Waals surface area contributed by atoms with Crippen molar-refractivity contribution in [2.45, 2.75) is 6.92 Å². The van der Waals surface area contributed by atoms with Crippen molar-refractivity contribution in [1.29, 1.82) is 0 Å². The SMILES string of the molecule is Cc1ccc(-c2ccc(OC(=O)/C=C/c3ccc(Cl)c(Cl)c3)cc2)cc1. The van der Waals surface area contributed by atoms with Crippen LogP contribution in [0.4, 0.5) is 0 Å². The van der Waals surface area contributed by atoms with Crippen LogP contribution in [0.15, 0.2) is 72.8 Å². The Morgan fingerprint density at radius 3 is 2.08 bits per heavy atom. The molecular weight excluding hydrogens is 367 g/mol. The van der Waals surface area contributed by atoms with Crippen LogP contribution in [0.25, 0.3) is 17.2 Å². The molecule has 0 aliphatic heterocycles. The number of ether oxygens (including phenoxy) is 1. The van der Waals surface area contributed by atoms with E-state index >= 15 is 0 Å². The summed E-state index contributed by atoms with van der Waals surface area (Å²) in [5.41, 5.74) is 4.17.